The van der Waals surface area contributed by atoms with Crippen LogP contribution in [0.2, 0.25) is 0 Å². The average Bonchev–Trinajstić information content (AvgIpc) is 3.87. The number of methoxy groups -OCH3 is 3. The van der Waals surface area contributed by atoms with Crippen molar-refractivity contribution >= 4 is 41.5 Å². The first-order valence-corrected chi connectivity index (χ1v) is 23.2. The molecule has 2 saturated heterocycles. The number of aliphatic hydroxyl groups excluding tert-OH is 2. The summed E-state index contributed by atoms with van der Waals surface area (Å²) in [5, 5.41) is 23.9. The molecule has 3 aliphatic heterocycles. The maximum atomic E-state index is 16.4. The predicted octanol–water partition coefficient (Wildman–Crippen LogP) is 5.06. The van der Waals surface area contributed by atoms with E-state index < -0.39 is 83.4 Å². The van der Waals surface area contributed by atoms with Crippen LogP contribution >= 0.6 is 0 Å². The third-order valence-corrected chi connectivity index (χ3v) is 13.2. The van der Waals surface area contributed by atoms with Gasteiger partial charge in [-0.1, -0.05) is 115 Å². The van der Waals surface area contributed by atoms with Gasteiger partial charge in [-0.25, -0.2) is 9.69 Å². The molecule has 2 fully saturated rings. The molecule has 3 N–H and O–H groups in total. The number of imide groups is 1. The lowest BCUT2D eigenvalue weighted by Gasteiger charge is -2.46. The van der Waals surface area contributed by atoms with E-state index in [1.54, 1.807) is 60.7 Å². The quantitative estimate of drug-likeness (QED) is 0.0387. The lowest BCUT2D eigenvalue weighted by molar-refractivity contribution is -0.178. The van der Waals surface area contributed by atoms with E-state index in [4.69, 9.17) is 28.4 Å². The second-order valence-electron chi connectivity index (χ2n) is 17.2. The summed E-state index contributed by atoms with van der Waals surface area (Å²) < 4.78 is 32.8. The Balaban J connectivity index is 1.41. The maximum Gasteiger partial charge on any atom is 0.421 e. The molecule has 1 spiro atoms. The number of cyclic esters (lactones) is 1. The topological polar surface area (TPSA) is 217 Å². The predicted molar refractivity (Wildman–Crippen MR) is 258 cm³/mol. The Bertz CT molecular complexity index is 2820. The number of aliphatic hydroxyl groups is 2. The first kappa shape index (κ1) is 50.5. The minimum Gasteiger partial charge on any atom is -0.491 e. The van der Waals surface area contributed by atoms with E-state index in [0.29, 0.717) is 28.0 Å². The Labute approximate surface area is 415 Å². The third kappa shape index (κ3) is 9.64. The van der Waals surface area contributed by atoms with Gasteiger partial charge in [-0.15, -0.1) is 0 Å². The molecule has 0 aromatic heterocycles. The van der Waals surface area contributed by atoms with E-state index in [0.717, 1.165) is 19.1 Å². The fourth-order valence-electron chi connectivity index (χ4n) is 10.1. The van der Waals surface area contributed by atoms with E-state index in [2.05, 4.69) is 17.2 Å². The molecule has 0 radical (unpaired) electrons. The summed E-state index contributed by atoms with van der Waals surface area (Å²) in [6, 6.07) is 34.5. The van der Waals surface area contributed by atoms with E-state index in [9.17, 15) is 24.6 Å². The minimum atomic E-state index is -2.22. The van der Waals surface area contributed by atoms with Crippen molar-refractivity contribution in [2.24, 2.45) is 11.8 Å². The number of rotatable bonds is 16. The number of fused-ring (bicyclic) bond motifs is 3. The Morgan fingerprint density at radius 2 is 1.40 bits per heavy atom. The van der Waals surface area contributed by atoms with Crippen molar-refractivity contribution < 1.29 is 67.4 Å². The zero-order valence-electron chi connectivity index (χ0n) is 39.7. The van der Waals surface area contributed by atoms with Crippen LogP contribution in [-0.2, 0) is 53.1 Å². The number of nitrogens with one attached hydrogen (secondary N) is 1. The number of amides is 3. The molecular formula is C55H53N3O14. The Morgan fingerprint density at radius 1 is 0.764 bits per heavy atom. The van der Waals surface area contributed by atoms with Gasteiger partial charge in [0.15, 0.2) is 5.92 Å². The zero-order chi connectivity index (χ0) is 50.9. The number of morpholine rings is 1. The summed E-state index contributed by atoms with van der Waals surface area (Å²) in [4.78, 5) is 89.9. The molecule has 0 unspecified atom stereocenters. The fourth-order valence-corrected chi connectivity index (χ4v) is 10.1. The smallest absolute Gasteiger partial charge is 0.421 e. The van der Waals surface area contributed by atoms with Gasteiger partial charge in [0.05, 0.1) is 57.2 Å². The lowest BCUT2D eigenvalue weighted by atomic mass is 9.65. The number of carbonyl (C=O) groups is 6. The molecule has 0 aliphatic carbocycles. The number of carbonyl (C=O) groups excluding carboxylic acids is 6. The summed E-state index contributed by atoms with van der Waals surface area (Å²) >= 11 is 0. The van der Waals surface area contributed by atoms with Crippen molar-refractivity contribution in [2.75, 3.05) is 59.2 Å². The first-order chi connectivity index (χ1) is 35.0. The molecule has 0 saturated carbocycles. The molecule has 17 heteroatoms. The molecule has 7 atom stereocenters. The van der Waals surface area contributed by atoms with E-state index >= 15 is 14.4 Å². The van der Waals surface area contributed by atoms with Crippen LogP contribution in [0, 0.1) is 23.7 Å². The molecule has 3 aliphatic rings. The van der Waals surface area contributed by atoms with Crippen molar-refractivity contribution in [3.8, 4) is 17.6 Å². The molecule has 372 valence electrons. The Hall–Kier alpha value is -7.88. The van der Waals surface area contributed by atoms with Crippen molar-refractivity contribution in [1.82, 2.24) is 10.2 Å². The lowest BCUT2D eigenvalue weighted by Crippen LogP contribution is -2.56. The molecule has 3 amide bonds. The Kier molecular flexibility index (Phi) is 15.8. The summed E-state index contributed by atoms with van der Waals surface area (Å²) in [6.07, 6.45) is -3.63. The van der Waals surface area contributed by atoms with Crippen LogP contribution in [0.25, 0.3) is 0 Å². The van der Waals surface area contributed by atoms with Crippen molar-refractivity contribution in [2.45, 2.75) is 42.2 Å². The molecule has 8 rings (SSSR count). The van der Waals surface area contributed by atoms with E-state index in [1.807, 2.05) is 65.6 Å². The van der Waals surface area contributed by atoms with Crippen LogP contribution in [0.1, 0.15) is 64.1 Å². The van der Waals surface area contributed by atoms with Crippen LogP contribution < -0.4 is 15.0 Å². The van der Waals surface area contributed by atoms with Crippen LogP contribution in [0.5, 0.6) is 5.75 Å². The maximum absolute atomic E-state index is 16.4. The Morgan fingerprint density at radius 3 is 2.03 bits per heavy atom. The van der Waals surface area contributed by atoms with Gasteiger partial charge in [0.2, 0.25) is 11.8 Å². The molecular weight excluding hydrogens is 927 g/mol. The van der Waals surface area contributed by atoms with Gasteiger partial charge in [-0.05, 0) is 58.1 Å². The van der Waals surface area contributed by atoms with Crippen molar-refractivity contribution in [3.05, 3.63) is 167 Å². The van der Waals surface area contributed by atoms with Crippen LogP contribution in [0.3, 0.4) is 0 Å². The monoisotopic (exact) mass is 979 g/mol. The molecule has 72 heavy (non-hydrogen) atoms. The van der Waals surface area contributed by atoms with Crippen molar-refractivity contribution in [1.29, 1.82) is 0 Å². The summed E-state index contributed by atoms with van der Waals surface area (Å²) in [5.41, 5.74) is 0.352. The highest BCUT2D eigenvalue weighted by Crippen LogP contribution is 2.66. The average molecular weight is 980 g/mol. The summed E-state index contributed by atoms with van der Waals surface area (Å²) in [7, 11) is 3.68. The second-order valence-corrected chi connectivity index (χ2v) is 17.2. The number of esters is 3. The zero-order valence-corrected chi connectivity index (χ0v) is 39.7. The van der Waals surface area contributed by atoms with Crippen LogP contribution in [0.15, 0.2) is 133 Å². The number of ether oxygens (including phenoxy) is 6. The highest BCUT2D eigenvalue weighted by atomic mass is 16.6. The number of benzene rings is 5. The standard InChI is InChI=1S/C55H53N3O14/c1-67-30-31-71-54(66)57-42-27-22-34(14-13-21-40(50(62)68-2)51(63)69-3)32-41(42)55(53(57)65)44(49(61)56-33-43(60)35-15-7-4-8-16-35)46-52(64)72-47(37-19-11-6-12-20-37)45(36-17-9-5-10-18-36)58(46)48(55)38-23-25-39(26-24-38)70-29-28-59/h4-12,15-20,22-27,32,40,43-48,59-60H,21,28-31,33H2,1-3H3,(H,56,61)/t43-,44-,45-,46-,47+,48+,55-/m0/s1. The van der Waals surface area contributed by atoms with Crippen LogP contribution in [-0.4, -0.2) is 111 Å². The number of nitrogens with zero attached hydrogens (tertiary/aromatic N) is 2. The van der Waals surface area contributed by atoms with Crippen molar-refractivity contribution in [3.63, 3.8) is 0 Å². The normalized spacial score (nSPS) is 21.4. The van der Waals surface area contributed by atoms with Gasteiger partial charge >= 0.3 is 24.0 Å². The van der Waals surface area contributed by atoms with E-state index in [1.165, 1.54) is 19.2 Å². The fraction of sp³-hybridized carbons (Fsp3) is 0.309. The number of hydrogen-bond donors (Lipinski definition) is 3. The van der Waals surface area contributed by atoms with Gasteiger partial charge < -0.3 is 44.0 Å². The highest BCUT2D eigenvalue weighted by Gasteiger charge is 2.75. The number of anilines is 1. The van der Waals surface area contributed by atoms with Gasteiger partial charge in [0.1, 0.15) is 36.5 Å². The number of hydrogen-bond acceptors (Lipinski definition) is 15. The van der Waals surface area contributed by atoms with E-state index in [-0.39, 0.29) is 56.2 Å². The second kappa shape index (κ2) is 22.5. The SMILES string of the molecule is COCCOC(=O)N1C(=O)[C@@]2(c3cc(C#CCC(C(=O)OC)C(=O)OC)ccc31)[C@H](C(=O)NC[C@H](O)c1ccccc1)[C@H]1C(=O)O[C@H](c3ccccc3)[C@H](c3ccccc3)N1[C@@H]2c1ccc(OCCO)cc1. The third-order valence-electron chi connectivity index (χ3n) is 13.2. The summed E-state index contributed by atoms with van der Waals surface area (Å²) in [5.74, 6) is -1.18. The molecule has 17 nitrogen and oxygen atoms in total. The van der Waals surface area contributed by atoms with Crippen LogP contribution in [0.4, 0.5) is 10.5 Å². The first-order valence-electron chi connectivity index (χ1n) is 23.2. The highest BCUT2D eigenvalue weighted by molar-refractivity contribution is 6.23. The molecule has 5 aromatic carbocycles. The summed E-state index contributed by atoms with van der Waals surface area (Å²) in [6.45, 7) is -0.886. The molecule has 0 bridgehead atoms. The van der Waals surface area contributed by atoms with Gasteiger partial charge in [-0.3, -0.25) is 28.9 Å². The van der Waals surface area contributed by atoms with Gasteiger partial charge in [0, 0.05) is 25.6 Å². The molecule has 3 heterocycles. The minimum absolute atomic E-state index is 0.0120. The molecule has 5 aromatic rings. The van der Waals surface area contributed by atoms with Gasteiger partial charge in [-0.2, -0.15) is 0 Å². The van der Waals surface area contributed by atoms with Gasteiger partial charge in [0.25, 0.3) is 0 Å². The largest absolute Gasteiger partial charge is 0.491 e.